The highest BCUT2D eigenvalue weighted by Crippen LogP contribution is 2.33. The van der Waals surface area contributed by atoms with Crippen molar-refractivity contribution in [2.75, 3.05) is 13.1 Å². The van der Waals surface area contributed by atoms with E-state index in [0.717, 1.165) is 36.6 Å². The van der Waals surface area contributed by atoms with E-state index in [0.29, 0.717) is 38.2 Å². The fourth-order valence-corrected chi connectivity index (χ4v) is 5.50. The predicted octanol–water partition coefficient (Wildman–Crippen LogP) is 5.82. The number of likely N-dealkylation sites (tertiary alicyclic amines) is 1. The van der Waals surface area contributed by atoms with Gasteiger partial charge in [0.05, 0.1) is 27.7 Å². The standard InChI is InChI=1S/C21H17Cl2N5O2S2/c22-14-6-5-13(10-15(14)23)28-19(17-4-3-9-30-17)25-26-21(28)32-12-18-24-16(11-31-18)20(29)27-7-1-2-8-27/h3-6,9-11H,1-2,7-8,12H2. The first kappa shape index (κ1) is 21.5. The molecule has 11 heteroatoms. The summed E-state index contributed by atoms with van der Waals surface area (Å²) in [7, 11) is 0. The second-order valence-corrected chi connectivity index (χ2v) is 9.83. The molecule has 32 heavy (non-hydrogen) atoms. The van der Waals surface area contributed by atoms with Crippen LogP contribution in [0.3, 0.4) is 0 Å². The van der Waals surface area contributed by atoms with Crippen molar-refractivity contribution in [1.29, 1.82) is 0 Å². The Bertz CT molecular complexity index is 1250. The minimum atomic E-state index is 0.00841. The van der Waals surface area contributed by atoms with E-state index in [2.05, 4.69) is 15.2 Å². The number of carbonyl (C=O) groups excluding carboxylic acids is 1. The van der Waals surface area contributed by atoms with Gasteiger partial charge in [0.15, 0.2) is 10.9 Å². The summed E-state index contributed by atoms with van der Waals surface area (Å²) < 4.78 is 7.42. The van der Waals surface area contributed by atoms with E-state index in [-0.39, 0.29) is 5.91 Å². The summed E-state index contributed by atoms with van der Waals surface area (Å²) >= 11 is 15.3. The third-order valence-corrected chi connectivity index (χ3v) is 7.74. The van der Waals surface area contributed by atoms with Crippen LogP contribution in [0.4, 0.5) is 0 Å². The third kappa shape index (κ3) is 4.30. The van der Waals surface area contributed by atoms with Crippen LogP contribution in [-0.2, 0) is 5.75 Å². The largest absolute Gasteiger partial charge is 0.461 e. The molecule has 0 N–H and O–H groups in total. The number of thioether (sulfide) groups is 1. The lowest BCUT2D eigenvalue weighted by atomic mass is 10.3. The number of amides is 1. The highest BCUT2D eigenvalue weighted by atomic mass is 35.5. The van der Waals surface area contributed by atoms with Gasteiger partial charge in [-0.2, -0.15) is 0 Å². The van der Waals surface area contributed by atoms with Gasteiger partial charge in [0.2, 0.25) is 5.82 Å². The topological polar surface area (TPSA) is 77.0 Å². The number of carbonyl (C=O) groups is 1. The van der Waals surface area contributed by atoms with Crippen molar-refractivity contribution in [2.45, 2.75) is 23.8 Å². The van der Waals surface area contributed by atoms with Crippen molar-refractivity contribution in [3.63, 3.8) is 0 Å². The molecule has 0 radical (unpaired) electrons. The molecule has 0 unspecified atom stereocenters. The minimum absolute atomic E-state index is 0.00841. The van der Waals surface area contributed by atoms with Crippen molar-refractivity contribution in [3.05, 3.63) is 62.7 Å². The minimum Gasteiger partial charge on any atom is -0.461 e. The van der Waals surface area contributed by atoms with E-state index < -0.39 is 0 Å². The highest BCUT2D eigenvalue weighted by Gasteiger charge is 2.23. The van der Waals surface area contributed by atoms with E-state index in [9.17, 15) is 4.79 Å². The number of hydrogen-bond acceptors (Lipinski definition) is 7. The average molecular weight is 506 g/mol. The first-order chi connectivity index (χ1) is 15.6. The van der Waals surface area contributed by atoms with Gasteiger partial charge in [0.1, 0.15) is 10.7 Å². The maximum atomic E-state index is 12.6. The number of hydrogen-bond donors (Lipinski definition) is 0. The number of halogens is 2. The zero-order valence-electron chi connectivity index (χ0n) is 16.7. The van der Waals surface area contributed by atoms with E-state index in [1.165, 1.54) is 23.1 Å². The molecule has 0 bridgehead atoms. The average Bonchev–Trinajstić information content (AvgIpc) is 3.60. The zero-order valence-corrected chi connectivity index (χ0v) is 19.8. The summed E-state index contributed by atoms with van der Waals surface area (Å²) in [6.07, 6.45) is 3.70. The van der Waals surface area contributed by atoms with Crippen molar-refractivity contribution >= 4 is 52.2 Å². The van der Waals surface area contributed by atoms with Crippen molar-refractivity contribution in [3.8, 4) is 17.3 Å². The summed E-state index contributed by atoms with van der Waals surface area (Å²) in [5, 5.41) is 12.9. The SMILES string of the molecule is O=C(c1csc(CSc2nnc(-c3ccco3)n2-c2ccc(Cl)c(Cl)c2)n1)N1CCCC1. The van der Waals surface area contributed by atoms with Crippen molar-refractivity contribution in [1.82, 2.24) is 24.6 Å². The Balaban J connectivity index is 1.40. The van der Waals surface area contributed by atoms with Crippen LogP contribution < -0.4 is 0 Å². The van der Waals surface area contributed by atoms with E-state index in [1.807, 2.05) is 27.0 Å². The fourth-order valence-electron chi connectivity index (χ4n) is 3.47. The number of benzene rings is 1. The van der Waals surface area contributed by atoms with Crippen LogP contribution in [0.5, 0.6) is 0 Å². The van der Waals surface area contributed by atoms with E-state index >= 15 is 0 Å². The smallest absolute Gasteiger partial charge is 0.273 e. The molecule has 0 saturated carbocycles. The highest BCUT2D eigenvalue weighted by molar-refractivity contribution is 7.98. The maximum absolute atomic E-state index is 12.6. The van der Waals surface area contributed by atoms with Crippen LogP contribution in [0.15, 0.2) is 51.5 Å². The summed E-state index contributed by atoms with van der Waals surface area (Å²) in [4.78, 5) is 19.0. The number of thiazole rings is 1. The first-order valence-corrected chi connectivity index (χ1v) is 12.5. The fraction of sp³-hybridized carbons (Fsp3) is 0.238. The van der Waals surface area contributed by atoms with Gasteiger partial charge in [-0.1, -0.05) is 35.0 Å². The van der Waals surface area contributed by atoms with Crippen LogP contribution >= 0.6 is 46.3 Å². The van der Waals surface area contributed by atoms with Crippen LogP contribution in [-0.4, -0.2) is 43.6 Å². The van der Waals surface area contributed by atoms with Crippen LogP contribution in [0.25, 0.3) is 17.3 Å². The normalized spacial score (nSPS) is 13.8. The molecule has 4 aromatic rings. The van der Waals surface area contributed by atoms with Crippen molar-refractivity contribution in [2.24, 2.45) is 0 Å². The van der Waals surface area contributed by atoms with Crippen molar-refractivity contribution < 1.29 is 9.21 Å². The number of furan rings is 1. The molecule has 1 fully saturated rings. The van der Waals surface area contributed by atoms with Gasteiger partial charge in [0, 0.05) is 18.5 Å². The van der Waals surface area contributed by atoms with Crippen LogP contribution in [0, 0.1) is 0 Å². The predicted molar refractivity (Wildman–Crippen MR) is 126 cm³/mol. The van der Waals surface area contributed by atoms with Gasteiger partial charge in [-0.25, -0.2) is 4.98 Å². The second-order valence-electron chi connectivity index (χ2n) is 7.13. The molecular weight excluding hydrogens is 489 g/mol. The van der Waals surface area contributed by atoms with E-state index in [1.54, 1.807) is 24.5 Å². The Labute approximate surface area is 202 Å². The Morgan fingerprint density at radius 1 is 1.16 bits per heavy atom. The lowest BCUT2D eigenvalue weighted by Crippen LogP contribution is -2.27. The summed E-state index contributed by atoms with van der Waals surface area (Å²) in [5.74, 6) is 1.70. The van der Waals surface area contributed by atoms with E-state index in [4.69, 9.17) is 27.6 Å². The Kier molecular flexibility index (Phi) is 6.23. The number of aromatic nitrogens is 4. The Hall–Kier alpha value is -2.33. The number of nitrogens with zero attached hydrogens (tertiary/aromatic N) is 5. The molecule has 1 aromatic carbocycles. The molecule has 7 nitrogen and oxygen atoms in total. The third-order valence-electron chi connectivity index (χ3n) is 5.03. The first-order valence-electron chi connectivity index (χ1n) is 9.91. The maximum Gasteiger partial charge on any atom is 0.273 e. The quantitative estimate of drug-likeness (QED) is 0.307. The lowest BCUT2D eigenvalue weighted by molar-refractivity contribution is 0.0787. The molecule has 1 aliphatic rings. The lowest BCUT2D eigenvalue weighted by Gasteiger charge is -2.12. The van der Waals surface area contributed by atoms with Gasteiger partial charge in [0.25, 0.3) is 5.91 Å². The van der Waals surface area contributed by atoms with Crippen LogP contribution in [0.1, 0.15) is 28.3 Å². The summed E-state index contributed by atoms with van der Waals surface area (Å²) in [6, 6.07) is 8.97. The van der Waals surface area contributed by atoms with Gasteiger partial charge in [-0.15, -0.1) is 21.5 Å². The zero-order chi connectivity index (χ0) is 22.1. The van der Waals surface area contributed by atoms with Gasteiger partial charge in [-0.05, 0) is 43.2 Å². The summed E-state index contributed by atoms with van der Waals surface area (Å²) in [5.41, 5.74) is 1.28. The molecule has 164 valence electrons. The Morgan fingerprint density at radius 2 is 2.00 bits per heavy atom. The molecule has 1 aliphatic heterocycles. The van der Waals surface area contributed by atoms with Crippen LogP contribution in [0.2, 0.25) is 10.0 Å². The molecule has 3 aromatic heterocycles. The molecule has 0 aliphatic carbocycles. The molecule has 0 atom stereocenters. The summed E-state index contributed by atoms with van der Waals surface area (Å²) in [6.45, 7) is 1.62. The molecule has 5 rings (SSSR count). The monoisotopic (exact) mass is 505 g/mol. The molecule has 4 heterocycles. The van der Waals surface area contributed by atoms with Gasteiger partial charge in [-0.3, -0.25) is 9.36 Å². The molecule has 0 spiro atoms. The van der Waals surface area contributed by atoms with Gasteiger partial charge < -0.3 is 9.32 Å². The molecule has 1 saturated heterocycles. The molecular formula is C21H17Cl2N5O2S2. The number of rotatable bonds is 6. The Morgan fingerprint density at radius 3 is 2.75 bits per heavy atom. The second kappa shape index (κ2) is 9.27. The molecule has 1 amide bonds. The van der Waals surface area contributed by atoms with Gasteiger partial charge >= 0.3 is 0 Å².